The maximum atomic E-state index is 12.1. The van der Waals surface area contributed by atoms with Gasteiger partial charge in [-0.05, 0) is 14.0 Å². The fourth-order valence-electron chi connectivity index (χ4n) is 1.95. The first kappa shape index (κ1) is 11.1. The molecule has 1 aliphatic heterocycles. The number of carbonyl (C=O) groups excluding carboxylic acids is 1. The van der Waals surface area contributed by atoms with Crippen molar-refractivity contribution < 1.29 is 4.79 Å². The van der Waals surface area contributed by atoms with Gasteiger partial charge in [-0.25, -0.2) is 0 Å². The largest absolute Gasteiger partial charge is 0.336 e. The van der Waals surface area contributed by atoms with Crippen LogP contribution >= 0.6 is 0 Å². The molecule has 1 amide bonds. The Bertz CT molecular complexity index is 387. The smallest absolute Gasteiger partial charge is 0.257 e. The first-order valence-corrected chi connectivity index (χ1v) is 5.56. The van der Waals surface area contributed by atoms with Gasteiger partial charge in [-0.3, -0.25) is 9.48 Å². The number of hydrogen-bond acceptors (Lipinski definition) is 3. The van der Waals surface area contributed by atoms with Crippen LogP contribution in [-0.4, -0.2) is 58.2 Å². The molecule has 2 rings (SSSR count). The molecule has 1 fully saturated rings. The Morgan fingerprint density at radius 1 is 1.44 bits per heavy atom. The van der Waals surface area contributed by atoms with Crippen LogP contribution in [0.25, 0.3) is 0 Å². The molecule has 0 spiro atoms. The number of carbonyl (C=O) groups is 1. The van der Waals surface area contributed by atoms with Gasteiger partial charge in [-0.15, -0.1) is 0 Å². The summed E-state index contributed by atoms with van der Waals surface area (Å²) in [5.74, 6) is 0.0908. The highest BCUT2D eigenvalue weighted by molar-refractivity contribution is 5.93. The van der Waals surface area contributed by atoms with Gasteiger partial charge >= 0.3 is 0 Å². The highest BCUT2D eigenvalue weighted by atomic mass is 16.2. The fourth-order valence-corrected chi connectivity index (χ4v) is 1.95. The van der Waals surface area contributed by atoms with Crippen molar-refractivity contribution in [3.05, 3.63) is 18.0 Å². The Labute approximate surface area is 95.6 Å². The molecule has 0 aliphatic carbocycles. The molecule has 88 valence electrons. The average molecular weight is 222 g/mol. The first-order chi connectivity index (χ1) is 7.58. The highest BCUT2D eigenvalue weighted by Gasteiger charge is 2.25. The molecule has 1 saturated heterocycles. The predicted molar refractivity (Wildman–Crippen MR) is 61.2 cm³/mol. The molecule has 5 nitrogen and oxygen atoms in total. The standard InChI is InChI=1S/C11H18N4O/c1-9-7-15(5-4-13(9)2)11(16)10-6-12-14(3)8-10/h6,8-9H,4-5,7H2,1-3H3/t9-/m0/s1. The minimum Gasteiger partial charge on any atom is -0.336 e. The van der Waals surface area contributed by atoms with Crippen molar-refractivity contribution in [2.45, 2.75) is 13.0 Å². The van der Waals surface area contributed by atoms with Gasteiger partial charge in [-0.1, -0.05) is 0 Å². The van der Waals surface area contributed by atoms with Crippen LogP contribution in [0.4, 0.5) is 0 Å². The minimum absolute atomic E-state index is 0.0908. The van der Waals surface area contributed by atoms with Crippen LogP contribution in [-0.2, 0) is 7.05 Å². The second-order valence-corrected chi connectivity index (χ2v) is 4.48. The van der Waals surface area contributed by atoms with Crippen LogP contribution in [0, 0.1) is 0 Å². The van der Waals surface area contributed by atoms with Gasteiger partial charge in [0, 0.05) is 38.9 Å². The highest BCUT2D eigenvalue weighted by Crippen LogP contribution is 2.11. The molecule has 1 aliphatic rings. The molecule has 0 saturated carbocycles. The Morgan fingerprint density at radius 3 is 2.75 bits per heavy atom. The first-order valence-electron chi connectivity index (χ1n) is 5.56. The van der Waals surface area contributed by atoms with E-state index in [2.05, 4.69) is 24.0 Å². The van der Waals surface area contributed by atoms with E-state index in [1.54, 1.807) is 17.1 Å². The number of likely N-dealkylation sites (N-methyl/N-ethyl adjacent to an activating group) is 1. The summed E-state index contributed by atoms with van der Waals surface area (Å²) in [6, 6.07) is 0.425. The van der Waals surface area contributed by atoms with Crippen molar-refractivity contribution in [1.82, 2.24) is 19.6 Å². The lowest BCUT2D eigenvalue weighted by molar-refractivity contribution is 0.0572. The van der Waals surface area contributed by atoms with E-state index in [0.717, 1.165) is 19.6 Å². The molecule has 0 radical (unpaired) electrons. The van der Waals surface area contributed by atoms with Gasteiger partial charge in [-0.2, -0.15) is 5.10 Å². The van der Waals surface area contributed by atoms with Crippen molar-refractivity contribution in [2.75, 3.05) is 26.7 Å². The van der Waals surface area contributed by atoms with E-state index in [0.29, 0.717) is 11.6 Å². The summed E-state index contributed by atoms with van der Waals surface area (Å²) in [5.41, 5.74) is 0.680. The van der Waals surface area contributed by atoms with E-state index in [9.17, 15) is 4.79 Å². The third kappa shape index (κ3) is 2.09. The van der Waals surface area contributed by atoms with Crippen LogP contribution in [0.2, 0.25) is 0 Å². The molecule has 1 atom stereocenters. The summed E-state index contributed by atoms with van der Waals surface area (Å²) in [7, 11) is 3.92. The van der Waals surface area contributed by atoms with E-state index in [1.165, 1.54) is 0 Å². The Hall–Kier alpha value is -1.36. The van der Waals surface area contributed by atoms with E-state index in [4.69, 9.17) is 0 Å². The average Bonchev–Trinajstić information content (AvgIpc) is 2.68. The van der Waals surface area contributed by atoms with Crippen molar-refractivity contribution in [1.29, 1.82) is 0 Å². The molecule has 0 bridgehead atoms. The lowest BCUT2D eigenvalue weighted by atomic mass is 10.2. The molecule has 1 aromatic rings. The quantitative estimate of drug-likeness (QED) is 0.681. The fraction of sp³-hybridized carbons (Fsp3) is 0.636. The second kappa shape index (κ2) is 4.25. The number of nitrogens with zero attached hydrogens (tertiary/aromatic N) is 4. The Kier molecular flexibility index (Phi) is 2.96. The zero-order valence-electron chi connectivity index (χ0n) is 10.1. The molecule has 5 heteroatoms. The molecule has 0 N–H and O–H groups in total. The zero-order valence-corrected chi connectivity index (χ0v) is 10.1. The van der Waals surface area contributed by atoms with E-state index in [-0.39, 0.29) is 5.91 Å². The monoisotopic (exact) mass is 222 g/mol. The summed E-state index contributed by atoms with van der Waals surface area (Å²) in [6.07, 6.45) is 3.40. The lowest BCUT2D eigenvalue weighted by Crippen LogP contribution is -2.51. The van der Waals surface area contributed by atoms with Gasteiger partial charge in [0.05, 0.1) is 11.8 Å². The van der Waals surface area contributed by atoms with Crippen molar-refractivity contribution in [3.8, 4) is 0 Å². The molecule has 0 aromatic carbocycles. The van der Waals surface area contributed by atoms with Gasteiger partial charge in [0.15, 0.2) is 0 Å². The minimum atomic E-state index is 0.0908. The number of aromatic nitrogens is 2. The Balaban J connectivity index is 2.06. The number of aryl methyl sites for hydroxylation is 1. The summed E-state index contributed by atoms with van der Waals surface area (Å²) in [5, 5.41) is 4.03. The van der Waals surface area contributed by atoms with Crippen molar-refractivity contribution >= 4 is 5.91 Å². The van der Waals surface area contributed by atoms with Gasteiger partial charge in [0.25, 0.3) is 5.91 Å². The molecule has 1 aromatic heterocycles. The van der Waals surface area contributed by atoms with E-state index >= 15 is 0 Å². The van der Waals surface area contributed by atoms with Crippen molar-refractivity contribution in [2.24, 2.45) is 7.05 Å². The maximum Gasteiger partial charge on any atom is 0.257 e. The SMILES string of the molecule is C[C@H]1CN(C(=O)c2cnn(C)c2)CCN1C. The Morgan fingerprint density at radius 2 is 2.19 bits per heavy atom. The summed E-state index contributed by atoms with van der Waals surface area (Å²) >= 11 is 0. The maximum absolute atomic E-state index is 12.1. The summed E-state index contributed by atoms with van der Waals surface area (Å²) < 4.78 is 1.66. The molecule has 0 unspecified atom stereocenters. The predicted octanol–water partition coefficient (Wildman–Crippen LogP) is 0.196. The van der Waals surface area contributed by atoms with Crippen LogP contribution in [0.5, 0.6) is 0 Å². The number of amides is 1. The molecular formula is C11H18N4O. The lowest BCUT2D eigenvalue weighted by Gasteiger charge is -2.37. The normalized spacial score (nSPS) is 22.4. The number of rotatable bonds is 1. The van der Waals surface area contributed by atoms with Gasteiger partial charge < -0.3 is 9.80 Å². The molecular weight excluding hydrogens is 204 g/mol. The van der Waals surface area contributed by atoms with Crippen LogP contribution in [0.3, 0.4) is 0 Å². The van der Waals surface area contributed by atoms with Crippen molar-refractivity contribution in [3.63, 3.8) is 0 Å². The number of hydrogen-bond donors (Lipinski definition) is 0. The van der Waals surface area contributed by atoms with Crippen LogP contribution < -0.4 is 0 Å². The third-order valence-electron chi connectivity index (χ3n) is 3.20. The number of piperazine rings is 1. The van der Waals surface area contributed by atoms with E-state index < -0.39 is 0 Å². The van der Waals surface area contributed by atoms with Crippen LogP contribution in [0.15, 0.2) is 12.4 Å². The van der Waals surface area contributed by atoms with Gasteiger partial charge in [0.2, 0.25) is 0 Å². The van der Waals surface area contributed by atoms with E-state index in [1.807, 2.05) is 11.9 Å². The molecule has 16 heavy (non-hydrogen) atoms. The topological polar surface area (TPSA) is 41.4 Å². The second-order valence-electron chi connectivity index (χ2n) is 4.48. The zero-order chi connectivity index (χ0) is 11.7. The third-order valence-corrected chi connectivity index (χ3v) is 3.20. The van der Waals surface area contributed by atoms with Gasteiger partial charge in [0.1, 0.15) is 0 Å². The van der Waals surface area contributed by atoms with Crippen LogP contribution in [0.1, 0.15) is 17.3 Å². The molecule has 2 heterocycles. The summed E-state index contributed by atoms with van der Waals surface area (Å²) in [6.45, 7) is 4.68. The summed E-state index contributed by atoms with van der Waals surface area (Å²) in [4.78, 5) is 16.3.